The van der Waals surface area contributed by atoms with Gasteiger partial charge in [0.05, 0.1) is 14.8 Å². The van der Waals surface area contributed by atoms with Crippen LogP contribution in [-0.2, 0) is 10.0 Å². The monoisotopic (exact) mass is 353 g/mol. The standard InChI is InChI=1S/C11H16BrNO3S2/c1-6-7(4-10(12)17-6)18(15,16)13-8-5-9(14)11(8,2)3/h4,8-9,13-14H,5H2,1-3H3. The lowest BCUT2D eigenvalue weighted by atomic mass is 9.65. The van der Waals surface area contributed by atoms with Gasteiger partial charge in [-0.3, -0.25) is 0 Å². The lowest BCUT2D eigenvalue weighted by Gasteiger charge is -2.49. The molecule has 1 aromatic rings. The largest absolute Gasteiger partial charge is 0.392 e. The Hall–Kier alpha value is 0.0500. The summed E-state index contributed by atoms with van der Waals surface area (Å²) < 4.78 is 28.0. The summed E-state index contributed by atoms with van der Waals surface area (Å²) in [6.45, 7) is 5.51. The van der Waals surface area contributed by atoms with Gasteiger partial charge < -0.3 is 5.11 Å². The van der Waals surface area contributed by atoms with Crippen molar-refractivity contribution in [3.8, 4) is 0 Å². The fourth-order valence-corrected chi connectivity index (χ4v) is 5.87. The number of hydrogen-bond acceptors (Lipinski definition) is 4. The number of rotatable bonds is 3. The van der Waals surface area contributed by atoms with Crippen molar-refractivity contribution in [3.05, 3.63) is 14.7 Å². The summed E-state index contributed by atoms with van der Waals surface area (Å²) >= 11 is 4.69. The second-order valence-electron chi connectivity index (χ2n) is 5.22. The van der Waals surface area contributed by atoms with Crippen LogP contribution in [0, 0.1) is 12.3 Å². The van der Waals surface area contributed by atoms with Crippen LogP contribution in [0.25, 0.3) is 0 Å². The fraction of sp³-hybridized carbons (Fsp3) is 0.636. The summed E-state index contributed by atoms with van der Waals surface area (Å²) in [4.78, 5) is 1.07. The van der Waals surface area contributed by atoms with E-state index in [-0.39, 0.29) is 6.04 Å². The molecule has 0 saturated heterocycles. The molecular weight excluding hydrogens is 338 g/mol. The SMILES string of the molecule is Cc1sc(Br)cc1S(=O)(=O)NC1CC(O)C1(C)C. The highest BCUT2D eigenvalue weighted by atomic mass is 79.9. The van der Waals surface area contributed by atoms with E-state index < -0.39 is 21.5 Å². The quantitative estimate of drug-likeness (QED) is 0.875. The fourth-order valence-electron chi connectivity index (χ4n) is 2.05. The predicted molar refractivity (Wildman–Crippen MR) is 75.3 cm³/mol. The zero-order valence-electron chi connectivity index (χ0n) is 10.4. The Kier molecular flexibility index (Phi) is 3.66. The molecule has 1 aromatic heterocycles. The van der Waals surface area contributed by atoms with Gasteiger partial charge in [0, 0.05) is 16.3 Å². The minimum Gasteiger partial charge on any atom is -0.392 e. The van der Waals surface area contributed by atoms with Crippen LogP contribution in [0.1, 0.15) is 25.1 Å². The van der Waals surface area contributed by atoms with Crippen molar-refractivity contribution in [2.75, 3.05) is 0 Å². The van der Waals surface area contributed by atoms with E-state index >= 15 is 0 Å². The van der Waals surface area contributed by atoms with Crippen LogP contribution in [-0.4, -0.2) is 25.7 Å². The summed E-state index contributed by atoms with van der Waals surface area (Å²) in [5, 5.41) is 9.63. The van der Waals surface area contributed by atoms with E-state index in [0.717, 1.165) is 8.66 Å². The number of aliphatic hydroxyl groups excluding tert-OH is 1. The average molecular weight is 354 g/mol. The van der Waals surface area contributed by atoms with Gasteiger partial charge in [-0.25, -0.2) is 13.1 Å². The molecule has 0 aromatic carbocycles. The molecule has 2 N–H and O–H groups in total. The minimum absolute atomic E-state index is 0.212. The van der Waals surface area contributed by atoms with Gasteiger partial charge in [0.15, 0.2) is 0 Å². The lowest BCUT2D eigenvalue weighted by Crippen LogP contribution is -2.61. The lowest BCUT2D eigenvalue weighted by molar-refractivity contribution is -0.0645. The van der Waals surface area contributed by atoms with Crippen LogP contribution in [0.3, 0.4) is 0 Å². The molecule has 0 bridgehead atoms. The molecule has 0 spiro atoms. The minimum atomic E-state index is -3.51. The van der Waals surface area contributed by atoms with E-state index in [1.807, 2.05) is 13.8 Å². The summed E-state index contributed by atoms with van der Waals surface area (Å²) in [7, 11) is -3.51. The van der Waals surface area contributed by atoms with Crippen molar-refractivity contribution < 1.29 is 13.5 Å². The second-order valence-corrected chi connectivity index (χ2v) is 9.54. The van der Waals surface area contributed by atoms with Crippen LogP contribution < -0.4 is 4.72 Å². The highest BCUT2D eigenvalue weighted by molar-refractivity contribution is 9.11. The van der Waals surface area contributed by atoms with Gasteiger partial charge in [-0.1, -0.05) is 13.8 Å². The smallest absolute Gasteiger partial charge is 0.241 e. The highest BCUT2D eigenvalue weighted by Gasteiger charge is 2.49. The van der Waals surface area contributed by atoms with Crippen molar-refractivity contribution in [2.24, 2.45) is 5.41 Å². The molecule has 7 heteroatoms. The number of halogens is 1. The predicted octanol–water partition coefficient (Wildman–Crippen LogP) is 2.26. The molecule has 0 amide bonds. The summed E-state index contributed by atoms with van der Waals surface area (Å²) in [6, 6.07) is 1.40. The number of aliphatic hydroxyl groups is 1. The number of sulfonamides is 1. The molecule has 2 atom stereocenters. The highest BCUT2D eigenvalue weighted by Crippen LogP contribution is 2.41. The first-order valence-electron chi connectivity index (χ1n) is 5.61. The Labute approximate surface area is 120 Å². The first-order chi connectivity index (χ1) is 8.14. The van der Waals surface area contributed by atoms with Gasteiger partial charge in [0.2, 0.25) is 10.0 Å². The Bertz CT molecular complexity index is 565. The first-order valence-corrected chi connectivity index (χ1v) is 8.70. The molecule has 1 fully saturated rings. The maximum atomic E-state index is 12.3. The molecular formula is C11H16BrNO3S2. The van der Waals surface area contributed by atoms with Crippen molar-refractivity contribution in [3.63, 3.8) is 0 Å². The molecule has 18 heavy (non-hydrogen) atoms. The van der Waals surface area contributed by atoms with Crippen LogP contribution in [0.4, 0.5) is 0 Å². The molecule has 0 radical (unpaired) electrons. The van der Waals surface area contributed by atoms with Crippen molar-refractivity contribution in [2.45, 2.75) is 44.2 Å². The third-order valence-electron chi connectivity index (χ3n) is 3.64. The zero-order valence-corrected chi connectivity index (χ0v) is 13.6. The van der Waals surface area contributed by atoms with Crippen molar-refractivity contribution >= 4 is 37.3 Å². The Morgan fingerprint density at radius 2 is 2.17 bits per heavy atom. The molecule has 4 nitrogen and oxygen atoms in total. The normalized spacial score (nSPS) is 26.9. The van der Waals surface area contributed by atoms with Gasteiger partial charge in [-0.15, -0.1) is 11.3 Å². The van der Waals surface area contributed by atoms with Gasteiger partial charge in [0.1, 0.15) is 0 Å². The molecule has 2 rings (SSSR count). The topological polar surface area (TPSA) is 66.4 Å². The molecule has 2 unspecified atom stereocenters. The maximum absolute atomic E-state index is 12.3. The molecule has 1 aliphatic rings. The van der Waals surface area contributed by atoms with E-state index in [1.54, 1.807) is 13.0 Å². The molecule has 0 aliphatic heterocycles. The van der Waals surface area contributed by atoms with Gasteiger partial charge >= 0.3 is 0 Å². The maximum Gasteiger partial charge on any atom is 0.241 e. The van der Waals surface area contributed by atoms with E-state index in [9.17, 15) is 13.5 Å². The van der Waals surface area contributed by atoms with Crippen LogP contribution >= 0.6 is 27.3 Å². The summed E-state index contributed by atoms with van der Waals surface area (Å²) in [5.74, 6) is 0. The number of nitrogens with one attached hydrogen (secondary N) is 1. The van der Waals surface area contributed by atoms with Crippen molar-refractivity contribution in [1.29, 1.82) is 0 Å². The zero-order chi connectivity index (χ0) is 13.7. The van der Waals surface area contributed by atoms with Gasteiger partial charge in [0.25, 0.3) is 0 Å². The van der Waals surface area contributed by atoms with Crippen LogP contribution in [0.15, 0.2) is 14.7 Å². The van der Waals surface area contributed by atoms with E-state index in [4.69, 9.17) is 0 Å². The average Bonchev–Trinajstić information content (AvgIpc) is 2.58. The molecule has 1 heterocycles. The van der Waals surface area contributed by atoms with Gasteiger partial charge in [-0.2, -0.15) is 0 Å². The van der Waals surface area contributed by atoms with Crippen molar-refractivity contribution in [1.82, 2.24) is 4.72 Å². The number of thiophene rings is 1. The Balaban J connectivity index is 2.22. The second kappa shape index (κ2) is 4.56. The van der Waals surface area contributed by atoms with Gasteiger partial charge in [-0.05, 0) is 35.3 Å². The van der Waals surface area contributed by atoms with Crippen LogP contribution in [0.2, 0.25) is 0 Å². The Morgan fingerprint density at radius 1 is 1.56 bits per heavy atom. The molecule has 1 saturated carbocycles. The molecule has 102 valence electrons. The number of hydrogen-bond donors (Lipinski definition) is 2. The van der Waals surface area contributed by atoms with E-state index in [1.165, 1.54) is 11.3 Å². The Morgan fingerprint density at radius 3 is 2.56 bits per heavy atom. The third kappa shape index (κ3) is 2.38. The third-order valence-corrected chi connectivity index (χ3v) is 6.93. The van der Waals surface area contributed by atoms with Crippen LogP contribution in [0.5, 0.6) is 0 Å². The van der Waals surface area contributed by atoms with E-state index in [2.05, 4.69) is 20.7 Å². The summed E-state index contributed by atoms with van der Waals surface area (Å²) in [5.41, 5.74) is -0.409. The van der Waals surface area contributed by atoms with E-state index in [0.29, 0.717) is 11.3 Å². The molecule has 1 aliphatic carbocycles. The summed E-state index contributed by atoms with van der Waals surface area (Å²) in [6.07, 6.45) is 0.0249. The first kappa shape index (κ1) is 14.5. The number of aryl methyl sites for hydroxylation is 1.